The van der Waals surface area contributed by atoms with Gasteiger partial charge in [0.15, 0.2) is 11.4 Å². The third kappa shape index (κ3) is 5.70. The van der Waals surface area contributed by atoms with Crippen molar-refractivity contribution in [3.63, 3.8) is 0 Å². The number of halogens is 3. The standard InChI is InChI=1S/C30H26Cl2FN7O3/c1-16-4-3-5-20(23-12-18(10-11-34-23)28-24(36-29(16)41)14-35-40(28)17(2)33)21-7-9-26(43-30(21)42)22-13-19(31)6-8-25(22)39-15-27(32)37-38-39/h6-17,20H,3-5H2,1-2H3,(H,36,41). The molecule has 0 aliphatic carbocycles. The number of aromatic nitrogens is 6. The Labute approximate surface area is 255 Å². The number of alkyl halides is 1. The number of hydrogen-bond donors (Lipinski definition) is 1. The number of anilines is 1. The van der Waals surface area contributed by atoms with Gasteiger partial charge in [-0.25, -0.2) is 18.5 Å². The van der Waals surface area contributed by atoms with Crippen LogP contribution in [0, 0.1) is 5.92 Å². The normalized spacial score (nSPS) is 17.8. The van der Waals surface area contributed by atoms with Crippen molar-refractivity contribution in [1.29, 1.82) is 0 Å². The van der Waals surface area contributed by atoms with Crippen LogP contribution in [-0.2, 0) is 4.79 Å². The summed E-state index contributed by atoms with van der Waals surface area (Å²) in [5.41, 5.74) is 3.01. The van der Waals surface area contributed by atoms with Crippen molar-refractivity contribution < 1.29 is 13.6 Å². The van der Waals surface area contributed by atoms with Crippen LogP contribution < -0.4 is 10.9 Å². The minimum Gasteiger partial charge on any atom is -0.422 e. The molecule has 0 saturated heterocycles. The van der Waals surface area contributed by atoms with Gasteiger partial charge in [-0.1, -0.05) is 41.8 Å². The van der Waals surface area contributed by atoms with Crippen LogP contribution in [0.3, 0.4) is 0 Å². The number of benzene rings is 1. The lowest BCUT2D eigenvalue weighted by Gasteiger charge is -2.20. The fraction of sp³-hybridized carbons (Fsp3) is 0.267. The quantitative estimate of drug-likeness (QED) is 0.233. The Kier molecular flexibility index (Phi) is 7.85. The average molecular weight is 622 g/mol. The van der Waals surface area contributed by atoms with Crippen LogP contribution in [0.25, 0.3) is 28.3 Å². The van der Waals surface area contributed by atoms with Crippen LogP contribution in [0.5, 0.6) is 0 Å². The molecule has 1 N–H and O–H groups in total. The van der Waals surface area contributed by atoms with E-state index in [-0.39, 0.29) is 22.7 Å². The lowest BCUT2D eigenvalue weighted by molar-refractivity contribution is -0.119. The average Bonchev–Trinajstić information content (AvgIpc) is 3.61. The van der Waals surface area contributed by atoms with Gasteiger partial charge in [0.2, 0.25) is 5.91 Å². The van der Waals surface area contributed by atoms with E-state index in [4.69, 9.17) is 27.6 Å². The van der Waals surface area contributed by atoms with Crippen LogP contribution in [0.1, 0.15) is 56.6 Å². The molecular weight excluding hydrogens is 596 g/mol. The highest BCUT2D eigenvalue weighted by Crippen LogP contribution is 2.36. The summed E-state index contributed by atoms with van der Waals surface area (Å²) >= 11 is 12.3. The fourth-order valence-corrected chi connectivity index (χ4v) is 5.67. The number of fused-ring (bicyclic) bond motifs is 4. The summed E-state index contributed by atoms with van der Waals surface area (Å²) < 4.78 is 23.2. The molecule has 43 heavy (non-hydrogen) atoms. The lowest BCUT2D eigenvalue weighted by Crippen LogP contribution is -2.22. The first-order chi connectivity index (χ1) is 20.7. The third-order valence-corrected chi connectivity index (χ3v) is 7.95. The van der Waals surface area contributed by atoms with Crippen molar-refractivity contribution in [3.8, 4) is 28.3 Å². The highest BCUT2D eigenvalue weighted by atomic mass is 35.5. The van der Waals surface area contributed by atoms with Gasteiger partial charge in [0.25, 0.3) is 0 Å². The largest absolute Gasteiger partial charge is 0.422 e. The van der Waals surface area contributed by atoms with Gasteiger partial charge in [-0.2, -0.15) is 5.10 Å². The Morgan fingerprint density at radius 2 is 1.95 bits per heavy atom. The maximum atomic E-state index is 14.6. The molecule has 13 heteroatoms. The van der Waals surface area contributed by atoms with E-state index in [9.17, 15) is 14.0 Å². The van der Waals surface area contributed by atoms with Crippen molar-refractivity contribution in [2.45, 2.75) is 45.3 Å². The van der Waals surface area contributed by atoms with E-state index in [0.29, 0.717) is 63.7 Å². The minimum atomic E-state index is -1.44. The van der Waals surface area contributed by atoms with Gasteiger partial charge in [0.05, 0.1) is 29.5 Å². The molecule has 1 amide bonds. The molecule has 5 aromatic rings. The first-order valence-corrected chi connectivity index (χ1v) is 14.5. The summed E-state index contributed by atoms with van der Waals surface area (Å²) in [6.07, 6.45) is 4.89. The number of hydrogen-bond acceptors (Lipinski definition) is 7. The second-order valence-corrected chi connectivity index (χ2v) is 11.3. The maximum Gasteiger partial charge on any atom is 0.340 e. The molecule has 0 fully saturated rings. The molecule has 0 radical (unpaired) electrons. The maximum absolute atomic E-state index is 14.6. The van der Waals surface area contributed by atoms with Crippen LogP contribution >= 0.6 is 23.2 Å². The predicted octanol–water partition coefficient (Wildman–Crippen LogP) is 6.83. The van der Waals surface area contributed by atoms with Crippen LogP contribution in [-0.4, -0.2) is 35.7 Å². The van der Waals surface area contributed by atoms with Crippen LogP contribution in [0.4, 0.5) is 10.1 Å². The van der Waals surface area contributed by atoms with Gasteiger partial charge in [0, 0.05) is 45.4 Å². The Morgan fingerprint density at radius 3 is 2.70 bits per heavy atom. The first kappa shape index (κ1) is 28.8. The second kappa shape index (κ2) is 11.7. The molecule has 1 aromatic carbocycles. The molecule has 3 unspecified atom stereocenters. The van der Waals surface area contributed by atoms with Gasteiger partial charge in [0.1, 0.15) is 5.76 Å². The monoisotopic (exact) mass is 621 g/mol. The number of carbonyl (C=O) groups excluding carboxylic acids is 1. The van der Waals surface area contributed by atoms with Crippen LogP contribution in [0.2, 0.25) is 10.2 Å². The number of nitrogens with one attached hydrogen (secondary N) is 1. The molecule has 220 valence electrons. The molecule has 1 aliphatic heterocycles. The molecule has 4 aromatic heterocycles. The van der Waals surface area contributed by atoms with E-state index >= 15 is 0 Å². The minimum absolute atomic E-state index is 0.187. The Bertz CT molecular complexity index is 1880. The van der Waals surface area contributed by atoms with Crippen molar-refractivity contribution in [1.82, 2.24) is 29.8 Å². The summed E-state index contributed by atoms with van der Waals surface area (Å²) in [5, 5.41) is 15.6. The zero-order valence-electron chi connectivity index (χ0n) is 23.2. The van der Waals surface area contributed by atoms with Gasteiger partial charge in [-0.05, 0) is 62.2 Å². The number of rotatable bonds is 4. The summed E-state index contributed by atoms with van der Waals surface area (Å²) in [6.45, 7) is 3.21. The van der Waals surface area contributed by atoms with Gasteiger partial charge in [-0.3, -0.25) is 9.78 Å². The van der Waals surface area contributed by atoms with Gasteiger partial charge < -0.3 is 9.73 Å². The summed E-state index contributed by atoms with van der Waals surface area (Å²) in [4.78, 5) is 31.2. The number of amides is 1. The van der Waals surface area contributed by atoms with Crippen molar-refractivity contribution in [2.75, 3.05) is 5.32 Å². The topological polar surface area (TPSA) is 121 Å². The number of nitrogens with zero attached hydrogens (tertiary/aromatic N) is 6. The van der Waals surface area contributed by atoms with Crippen molar-refractivity contribution >= 4 is 34.8 Å². The smallest absolute Gasteiger partial charge is 0.340 e. The van der Waals surface area contributed by atoms with E-state index in [1.54, 1.807) is 48.7 Å². The lowest BCUT2D eigenvalue weighted by atomic mass is 9.88. The molecule has 0 spiro atoms. The number of pyridine rings is 1. The molecule has 1 aliphatic rings. The van der Waals surface area contributed by atoms with Crippen molar-refractivity contribution in [3.05, 3.63) is 92.9 Å². The zero-order valence-corrected chi connectivity index (χ0v) is 24.7. The Morgan fingerprint density at radius 1 is 1.12 bits per heavy atom. The second-order valence-electron chi connectivity index (χ2n) is 10.5. The molecular formula is C30H26Cl2FN7O3. The van der Waals surface area contributed by atoms with Gasteiger partial charge in [-0.15, -0.1) is 5.10 Å². The van der Waals surface area contributed by atoms with E-state index in [2.05, 4.69) is 25.7 Å². The molecule has 2 bridgehead atoms. The SMILES string of the molecule is CC1CCCC(c2ccc(-c3cc(Cl)ccc3-n3cc(Cl)nn3)oc2=O)c2cc(ccn2)-c2c(cnn2C(C)F)NC1=O. The molecule has 10 nitrogen and oxygen atoms in total. The van der Waals surface area contributed by atoms with Gasteiger partial charge >= 0.3 is 5.63 Å². The van der Waals surface area contributed by atoms with Crippen LogP contribution in [0.15, 0.2) is 70.3 Å². The molecule has 6 rings (SSSR count). The summed E-state index contributed by atoms with van der Waals surface area (Å²) in [5.74, 6) is -0.678. The molecule has 3 atom stereocenters. The molecule has 5 heterocycles. The number of carbonyl (C=O) groups is 1. The summed E-state index contributed by atoms with van der Waals surface area (Å²) in [6, 6.07) is 12.0. The van der Waals surface area contributed by atoms with Crippen molar-refractivity contribution in [2.24, 2.45) is 5.92 Å². The van der Waals surface area contributed by atoms with E-state index < -0.39 is 17.8 Å². The van der Waals surface area contributed by atoms with E-state index in [0.717, 1.165) is 0 Å². The van der Waals surface area contributed by atoms with E-state index in [1.807, 2.05) is 6.92 Å². The third-order valence-electron chi connectivity index (χ3n) is 7.54. The Balaban J connectivity index is 1.45. The highest BCUT2D eigenvalue weighted by molar-refractivity contribution is 6.31. The predicted molar refractivity (Wildman–Crippen MR) is 160 cm³/mol. The summed E-state index contributed by atoms with van der Waals surface area (Å²) in [7, 11) is 0. The molecule has 0 saturated carbocycles. The first-order valence-electron chi connectivity index (χ1n) is 13.7. The fourth-order valence-electron chi connectivity index (χ4n) is 5.37. The Hall–Kier alpha value is -4.35. The van der Waals surface area contributed by atoms with E-state index in [1.165, 1.54) is 28.7 Å². The zero-order chi connectivity index (χ0) is 30.2. The highest BCUT2D eigenvalue weighted by Gasteiger charge is 2.26.